The molecule has 1 heterocycles. The van der Waals surface area contributed by atoms with Crippen molar-refractivity contribution in [3.63, 3.8) is 0 Å². The molecule has 1 saturated heterocycles. The molecule has 0 aliphatic carbocycles. The second-order valence-electron chi connectivity index (χ2n) is 5.01. The van der Waals surface area contributed by atoms with Crippen LogP contribution in [0.3, 0.4) is 0 Å². The van der Waals surface area contributed by atoms with Crippen LogP contribution in [0.5, 0.6) is 5.75 Å². The zero-order valence-corrected chi connectivity index (χ0v) is 11.6. The predicted molar refractivity (Wildman–Crippen MR) is 76.5 cm³/mol. The normalized spacial score (nSPS) is 18.9. The summed E-state index contributed by atoms with van der Waals surface area (Å²) in [6.45, 7) is 7.40. The summed E-state index contributed by atoms with van der Waals surface area (Å²) in [6, 6.07) is 6.66. The number of halogens is 1. The average Bonchev–Trinajstić information content (AvgIpc) is 2.80. The Bertz CT molecular complexity index is 425. The predicted octanol–water partition coefficient (Wildman–Crippen LogP) is 3.59. The van der Waals surface area contributed by atoms with E-state index in [1.54, 1.807) is 0 Å². The number of hydrogen-bond donors (Lipinski definition) is 1. The van der Waals surface area contributed by atoms with Gasteiger partial charge in [-0.05, 0) is 56.0 Å². The second-order valence-corrected chi connectivity index (χ2v) is 5.42. The van der Waals surface area contributed by atoms with Crippen molar-refractivity contribution in [1.82, 2.24) is 5.32 Å². The third-order valence-corrected chi connectivity index (χ3v) is 3.41. The quantitative estimate of drug-likeness (QED) is 0.822. The minimum Gasteiger partial charge on any atom is -0.488 e. The molecule has 3 heteroatoms. The molecule has 98 valence electrons. The summed E-state index contributed by atoms with van der Waals surface area (Å²) >= 11 is 6.22. The van der Waals surface area contributed by atoms with Gasteiger partial charge in [-0.3, -0.25) is 0 Å². The van der Waals surface area contributed by atoms with E-state index < -0.39 is 0 Å². The van der Waals surface area contributed by atoms with Gasteiger partial charge in [0.15, 0.2) is 0 Å². The lowest BCUT2D eigenvalue weighted by Crippen LogP contribution is -2.23. The van der Waals surface area contributed by atoms with Gasteiger partial charge in [0, 0.05) is 6.04 Å². The van der Waals surface area contributed by atoms with E-state index in [0.717, 1.165) is 24.3 Å². The molecular weight excluding hydrogens is 246 g/mol. The van der Waals surface area contributed by atoms with Gasteiger partial charge < -0.3 is 10.1 Å². The molecule has 0 saturated carbocycles. The molecule has 1 aliphatic rings. The Morgan fingerprint density at radius 1 is 1.56 bits per heavy atom. The van der Waals surface area contributed by atoms with Crippen molar-refractivity contribution in [3.05, 3.63) is 40.9 Å². The fourth-order valence-electron chi connectivity index (χ4n) is 2.20. The van der Waals surface area contributed by atoms with Crippen LogP contribution in [-0.2, 0) is 6.42 Å². The largest absolute Gasteiger partial charge is 0.488 e. The van der Waals surface area contributed by atoms with Gasteiger partial charge >= 0.3 is 0 Å². The lowest BCUT2D eigenvalue weighted by molar-refractivity contribution is 0.353. The maximum Gasteiger partial charge on any atom is 0.138 e. The summed E-state index contributed by atoms with van der Waals surface area (Å²) < 4.78 is 5.58. The van der Waals surface area contributed by atoms with Crippen molar-refractivity contribution in [2.45, 2.75) is 32.2 Å². The molecule has 2 rings (SSSR count). The fourth-order valence-corrected chi connectivity index (χ4v) is 2.46. The van der Waals surface area contributed by atoms with Crippen LogP contribution < -0.4 is 10.1 Å². The Morgan fingerprint density at radius 3 is 3.00 bits per heavy atom. The highest BCUT2D eigenvalue weighted by Gasteiger charge is 2.15. The van der Waals surface area contributed by atoms with Crippen molar-refractivity contribution in [2.75, 3.05) is 13.2 Å². The monoisotopic (exact) mass is 265 g/mol. The van der Waals surface area contributed by atoms with Crippen LogP contribution >= 0.6 is 11.6 Å². The zero-order valence-electron chi connectivity index (χ0n) is 10.8. The van der Waals surface area contributed by atoms with E-state index >= 15 is 0 Å². The fraction of sp³-hybridized carbons (Fsp3) is 0.467. The van der Waals surface area contributed by atoms with Crippen LogP contribution in [0.15, 0.2) is 30.4 Å². The van der Waals surface area contributed by atoms with E-state index in [1.165, 1.54) is 18.4 Å². The molecule has 0 bridgehead atoms. The van der Waals surface area contributed by atoms with E-state index in [0.29, 0.717) is 17.7 Å². The van der Waals surface area contributed by atoms with Gasteiger partial charge in [-0.1, -0.05) is 24.2 Å². The third-order valence-electron chi connectivity index (χ3n) is 3.11. The molecule has 1 unspecified atom stereocenters. The van der Waals surface area contributed by atoms with Gasteiger partial charge in [0.2, 0.25) is 0 Å². The molecule has 1 atom stereocenters. The smallest absolute Gasteiger partial charge is 0.138 e. The average molecular weight is 266 g/mol. The lowest BCUT2D eigenvalue weighted by Gasteiger charge is -2.12. The Kier molecular flexibility index (Phi) is 4.67. The van der Waals surface area contributed by atoms with E-state index in [9.17, 15) is 0 Å². The Balaban J connectivity index is 1.97. The maximum atomic E-state index is 6.22. The molecule has 18 heavy (non-hydrogen) atoms. The number of nitrogens with one attached hydrogen (secondary N) is 1. The molecule has 1 fully saturated rings. The van der Waals surface area contributed by atoms with Gasteiger partial charge in [0.25, 0.3) is 0 Å². The van der Waals surface area contributed by atoms with Crippen LogP contribution in [0.25, 0.3) is 0 Å². The highest BCUT2D eigenvalue weighted by Crippen LogP contribution is 2.27. The van der Waals surface area contributed by atoms with Gasteiger partial charge in [-0.2, -0.15) is 0 Å². The van der Waals surface area contributed by atoms with Crippen LogP contribution in [0.2, 0.25) is 5.02 Å². The first-order valence-corrected chi connectivity index (χ1v) is 6.82. The minimum absolute atomic E-state index is 0.517. The van der Waals surface area contributed by atoms with Crippen molar-refractivity contribution in [2.24, 2.45) is 0 Å². The first kappa shape index (κ1) is 13.4. The van der Waals surface area contributed by atoms with Crippen LogP contribution in [0, 0.1) is 0 Å². The molecule has 1 N–H and O–H groups in total. The van der Waals surface area contributed by atoms with Gasteiger partial charge in [-0.25, -0.2) is 0 Å². The maximum absolute atomic E-state index is 6.22. The van der Waals surface area contributed by atoms with Gasteiger partial charge in [-0.15, -0.1) is 0 Å². The van der Waals surface area contributed by atoms with Crippen LogP contribution in [0.1, 0.15) is 25.3 Å². The Labute approximate surface area is 114 Å². The minimum atomic E-state index is 0.517. The van der Waals surface area contributed by atoms with E-state index in [2.05, 4.69) is 18.0 Å². The standard InChI is InChI=1S/C15H20ClNO/c1-11(2)10-18-15-6-5-12(9-14(15)16)8-13-4-3-7-17-13/h5-6,9,13,17H,1,3-4,7-8,10H2,2H3. The third kappa shape index (κ3) is 3.76. The van der Waals surface area contributed by atoms with E-state index in [1.807, 2.05) is 19.1 Å². The molecule has 0 radical (unpaired) electrons. The van der Waals surface area contributed by atoms with Gasteiger partial charge in [0.1, 0.15) is 12.4 Å². The molecule has 1 aromatic carbocycles. The van der Waals surface area contributed by atoms with Gasteiger partial charge in [0.05, 0.1) is 5.02 Å². The molecule has 1 aromatic rings. The molecule has 1 aliphatic heterocycles. The van der Waals surface area contributed by atoms with Crippen molar-refractivity contribution < 1.29 is 4.74 Å². The summed E-state index contributed by atoms with van der Waals surface area (Å²) in [5.41, 5.74) is 2.26. The number of rotatable bonds is 5. The molecule has 0 amide bonds. The molecule has 0 spiro atoms. The second kappa shape index (κ2) is 6.26. The Morgan fingerprint density at radius 2 is 2.39 bits per heavy atom. The van der Waals surface area contributed by atoms with Crippen molar-refractivity contribution in [3.8, 4) is 5.75 Å². The summed E-state index contributed by atoms with van der Waals surface area (Å²) in [6.07, 6.45) is 3.57. The molecule has 0 aromatic heterocycles. The van der Waals surface area contributed by atoms with E-state index in [-0.39, 0.29) is 0 Å². The van der Waals surface area contributed by atoms with Crippen molar-refractivity contribution in [1.29, 1.82) is 0 Å². The Hall–Kier alpha value is -0.990. The first-order valence-electron chi connectivity index (χ1n) is 6.44. The SMILES string of the molecule is C=C(C)COc1ccc(CC2CCCN2)cc1Cl. The number of benzene rings is 1. The summed E-state index contributed by atoms with van der Waals surface area (Å²) in [5.74, 6) is 0.739. The lowest BCUT2D eigenvalue weighted by atomic mass is 10.0. The van der Waals surface area contributed by atoms with E-state index in [4.69, 9.17) is 16.3 Å². The topological polar surface area (TPSA) is 21.3 Å². The number of ether oxygens (including phenoxy) is 1. The summed E-state index contributed by atoms with van der Waals surface area (Å²) in [4.78, 5) is 0. The van der Waals surface area contributed by atoms with Crippen LogP contribution in [-0.4, -0.2) is 19.2 Å². The summed E-state index contributed by atoms with van der Waals surface area (Å²) in [7, 11) is 0. The molecule has 2 nitrogen and oxygen atoms in total. The summed E-state index contributed by atoms with van der Waals surface area (Å²) in [5, 5.41) is 4.18. The van der Waals surface area contributed by atoms with Crippen LogP contribution in [0.4, 0.5) is 0 Å². The molecular formula is C15H20ClNO. The highest BCUT2D eigenvalue weighted by atomic mass is 35.5. The van der Waals surface area contributed by atoms with Crippen molar-refractivity contribution >= 4 is 11.6 Å². The number of hydrogen-bond acceptors (Lipinski definition) is 2. The first-order chi connectivity index (χ1) is 8.65. The zero-order chi connectivity index (χ0) is 13.0. The highest BCUT2D eigenvalue weighted by molar-refractivity contribution is 6.32.